The van der Waals surface area contributed by atoms with Gasteiger partial charge < -0.3 is 45.4 Å². The third kappa shape index (κ3) is 6.53. The Morgan fingerprint density at radius 1 is 0.962 bits per heavy atom. The van der Waals surface area contributed by atoms with E-state index in [1.807, 2.05) is 6.08 Å². The summed E-state index contributed by atoms with van der Waals surface area (Å²) in [5.74, 6) is -2.09. The number of hydrogen-bond donors (Lipinski definition) is 8. The largest absolute Gasteiger partial charge is 0.511 e. The van der Waals surface area contributed by atoms with Crippen molar-refractivity contribution < 1.29 is 49.7 Å². The molecule has 6 fully saturated rings. The van der Waals surface area contributed by atoms with E-state index < -0.39 is 71.5 Å². The van der Waals surface area contributed by atoms with Crippen LogP contribution in [0, 0.1) is 46.8 Å². The molecule has 0 amide bonds. The first-order valence-electron chi connectivity index (χ1n) is 19.8. The van der Waals surface area contributed by atoms with Gasteiger partial charge in [0, 0.05) is 24.2 Å². The average molecular weight is 777 g/mol. The van der Waals surface area contributed by atoms with Crippen molar-refractivity contribution >= 4 is 33.2 Å². The van der Waals surface area contributed by atoms with E-state index in [9.17, 15) is 35.4 Å². The van der Waals surface area contributed by atoms with Gasteiger partial charge in [0.15, 0.2) is 12.1 Å². The molecule has 8 rings (SSSR count). The van der Waals surface area contributed by atoms with Gasteiger partial charge in [0.25, 0.3) is 0 Å². The molecule has 0 aromatic rings. The summed E-state index contributed by atoms with van der Waals surface area (Å²) in [5, 5.41) is 75.4. The summed E-state index contributed by atoms with van der Waals surface area (Å²) >= 11 is 0. The number of carbonyl (C=O) groups is 2. The number of hydrogen-bond acceptors (Lipinski definition) is 14. The molecule has 15 unspecified atom stereocenters. The van der Waals surface area contributed by atoms with Gasteiger partial charge in [-0.3, -0.25) is 14.9 Å². The normalized spacial score (nSPS) is 48.9. The second-order valence-electron chi connectivity index (χ2n) is 17.2. The van der Waals surface area contributed by atoms with Crippen molar-refractivity contribution in [1.29, 1.82) is 0 Å². The summed E-state index contributed by atoms with van der Waals surface area (Å²) in [6.07, 6.45) is 9.35. The van der Waals surface area contributed by atoms with Crippen LogP contribution in [0.15, 0.2) is 35.6 Å². The number of nitrogens with one attached hydrogen (secondary N) is 2. The number of carbonyl (C=O) groups excluding carboxylic acids is 2. The van der Waals surface area contributed by atoms with Gasteiger partial charge in [-0.1, -0.05) is 59.1 Å². The maximum atomic E-state index is 15.2. The van der Waals surface area contributed by atoms with Crippen molar-refractivity contribution in [2.45, 2.75) is 113 Å². The van der Waals surface area contributed by atoms with Crippen LogP contribution in [0.3, 0.4) is 0 Å². The SMILES string of the molecule is O=C1C2CCCC3OC4OC5(CO)C=CC(CC6CCNC(C6)NCSSCC6(C(=O)C32)C(O)=CC(CC2CCCC(CO)C2)=CC16)C(O)(C4O)C5O. The number of Topliss-reactive ketones (excluding diaryl/α,β-unsaturated/α-hetero) is 2. The Labute approximate surface area is 319 Å². The number of aliphatic hydroxyl groups is 6. The summed E-state index contributed by atoms with van der Waals surface area (Å²) in [5.41, 5.74) is -4.50. The molecule has 0 aromatic heterocycles. The van der Waals surface area contributed by atoms with Crippen LogP contribution in [-0.2, 0) is 19.1 Å². The average Bonchev–Trinajstić information content (AvgIpc) is 3.16. The minimum absolute atomic E-state index is 0.0219. The van der Waals surface area contributed by atoms with Gasteiger partial charge in [-0.25, -0.2) is 0 Å². The van der Waals surface area contributed by atoms with Crippen LogP contribution >= 0.6 is 21.6 Å². The summed E-state index contributed by atoms with van der Waals surface area (Å²) < 4.78 is 12.7. The van der Waals surface area contributed by atoms with Crippen LogP contribution in [-0.4, -0.2) is 116 Å². The molecule has 3 heterocycles. The lowest BCUT2D eigenvalue weighted by Crippen LogP contribution is -2.76. The summed E-state index contributed by atoms with van der Waals surface area (Å²) in [7, 11) is 3.02. The number of ether oxygens (including phenoxy) is 2. The molecule has 8 aliphatic rings. The van der Waals surface area contributed by atoms with E-state index in [2.05, 4.69) is 10.6 Å². The van der Waals surface area contributed by atoms with Gasteiger partial charge in [0.2, 0.25) is 0 Å². The Bertz CT molecular complexity index is 1510. The zero-order chi connectivity index (χ0) is 37.1. The second kappa shape index (κ2) is 15.2. The maximum absolute atomic E-state index is 15.2. The highest BCUT2D eigenvalue weighted by Crippen LogP contribution is 2.57. The van der Waals surface area contributed by atoms with E-state index in [0.717, 1.165) is 50.6 Å². The van der Waals surface area contributed by atoms with Gasteiger partial charge in [-0.15, -0.1) is 0 Å². The molecule has 8 N–H and O–H groups in total. The molecule has 3 saturated carbocycles. The predicted octanol–water partition coefficient (Wildman–Crippen LogP) is 2.50. The molecule has 53 heavy (non-hydrogen) atoms. The fourth-order valence-corrected chi connectivity index (χ4v) is 13.6. The van der Waals surface area contributed by atoms with E-state index >= 15 is 4.79 Å². The molecule has 0 aromatic carbocycles. The molecule has 3 aliphatic heterocycles. The molecule has 12 nitrogen and oxygen atoms in total. The third-order valence-corrected chi connectivity index (χ3v) is 16.4. The van der Waals surface area contributed by atoms with Gasteiger partial charge in [-0.2, -0.15) is 0 Å². The molecule has 14 heteroatoms. The highest BCUT2D eigenvalue weighted by molar-refractivity contribution is 8.76. The second-order valence-corrected chi connectivity index (χ2v) is 19.6. The monoisotopic (exact) mass is 776 g/mol. The molecular formula is C39H56N2O10S2. The zero-order valence-electron chi connectivity index (χ0n) is 30.2. The van der Waals surface area contributed by atoms with Crippen molar-refractivity contribution in [2.24, 2.45) is 46.8 Å². The van der Waals surface area contributed by atoms with Crippen LogP contribution in [0.4, 0.5) is 0 Å². The zero-order valence-corrected chi connectivity index (χ0v) is 31.8. The van der Waals surface area contributed by atoms with Crippen molar-refractivity contribution in [3.05, 3.63) is 35.6 Å². The molecule has 5 aliphatic carbocycles. The number of allylic oxidation sites excluding steroid dienone is 4. The molecule has 15 atom stereocenters. The van der Waals surface area contributed by atoms with Crippen molar-refractivity contribution in [2.75, 3.05) is 31.4 Å². The quantitative estimate of drug-likeness (QED) is 0.153. The lowest BCUT2D eigenvalue weighted by atomic mass is 9.52. The predicted molar refractivity (Wildman–Crippen MR) is 199 cm³/mol. The van der Waals surface area contributed by atoms with E-state index in [-0.39, 0.29) is 47.7 Å². The summed E-state index contributed by atoms with van der Waals surface area (Å²) in [6, 6.07) is 0. The molecule has 3 saturated heterocycles. The molecule has 1 spiro atoms. The van der Waals surface area contributed by atoms with Crippen LogP contribution in [0.1, 0.15) is 70.6 Å². The van der Waals surface area contributed by atoms with Crippen LogP contribution in [0.25, 0.3) is 0 Å². The van der Waals surface area contributed by atoms with Gasteiger partial charge in [-0.05, 0) is 87.3 Å². The smallest absolute Gasteiger partial charge is 0.188 e. The fourth-order valence-electron chi connectivity index (χ4n) is 11.3. The van der Waals surface area contributed by atoms with Gasteiger partial charge >= 0.3 is 0 Å². The first-order valence-corrected chi connectivity index (χ1v) is 22.3. The Morgan fingerprint density at radius 3 is 2.58 bits per heavy atom. The molecule has 294 valence electrons. The van der Waals surface area contributed by atoms with Gasteiger partial charge in [0.05, 0.1) is 36.6 Å². The number of rotatable bonds is 4. The molecular weight excluding hydrogens is 721 g/mol. The van der Waals surface area contributed by atoms with E-state index in [1.165, 1.54) is 10.8 Å². The van der Waals surface area contributed by atoms with Crippen molar-refractivity contribution in [3.63, 3.8) is 0 Å². The van der Waals surface area contributed by atoms with E-state index in [4.69, 9.17) is 9.47 Å². The lowest BCUT2D eigenvalue weighted by molar-refractivity contribution is -0.375. The Hall–Kier alpha value is -1.30. The van der Waals surface area contributed by atoms with Crippen LogP contribution in [0.2, 0.25) is 0 Å². The minimum atomic E-state index is -2.11. The molecule has 0 radical (unpaired) electrons. The highest BCUT2D eigenvalue weighted by Gasteiger charge is 2.68. The Kier molecular flexibility index (Phi) is 11.1. The first-order chi connectivity index (χ1) is 25.5. The standard InChI is InChI=1S/C39H56N2O10S2/c42-17-23-4-1-3-21(11-23)12-24-14-27-32(45)26-5-2-6-28-31(26)33(46)38(27,29(44)15-24)19-52-53-20-41-30-16-22(8-10-40-30)13-25-7-9-37(18-43)36(48)39(25,49)34(47)35(50-28)51-37/h7,9,14-15,21-23,25-28,30-31,34-36,40-44,47-49H,1-6,8,10-13,16-20H2. The fraction of sp³-hybridized carbons (Fsp3) is 0.795. The van der Waals surface area contributed by atoms with Gasteiger partial charge in [0.1, 0.15) is 40.4 Å². The molecule has 7 bridgehead atoms. The summed E-state index contributed by atoms with van der Waals surface area (Å²) in [6.45, 7) is 0.230. The maximum Gasteiger partial charge on any atom is 0.188 e. The van der Waals surface area contributed by atoms with Crippen molar-refractivity contribution in [3.8, 4) is 0 Å². The van der Waals surface area contributed by atoms with Crippen molar-refractivity contribution in [1.82, 2.24) is 10.6 Å². The number of ketones is 2. The van der Waals surface area contributed by atoms with E-state index in [1.54, 1.807) is 29.0 Å². The number of aliphatic hydroxyl groups excluding tert-OH is 5. The first kappa shape index (κ1) is 38.6. The third-order valence-electron chi connectivity index (χ3n) is 14.2. The highest BCUT2D eigenvalue weighted by atomic mass is 33.1. The Balaban J connectivity index is 1.15. The Morgan fingerprint density at radius 2 is 1.77 bits per heavy atom. The summed E-state index contributed by atoms with van der Waals surface area (Å²) in [4.78, 5) is 30.0. The van der Waals surface area contributed by atoms with E-state index in [0.29, 0.717) is 43.9 Å². The number of piperidine rings is 1. The number of fused-ring (bicyclic) bond motifs is 4. The van der Waals surface area contributed by atoms with Crippen LogP contribution < -0.4 is 10.6 Å². The topological polar surface area (TPSA) is 198 Å². The lowest BCUT2D eigenvalue weighted by Gasteiger charge is -2.58. The van der Waals surface area contributed by atoms with Crippen LogP contribution in [0.5, 0.6) is 0 Å². The minimum Gasteiger partial charge on any atom is -0.511 e.